The molecule has 1 N–H and O–H groups in total. The first-order valence-corrected chi connectivity index (χ1v) is 11.2. The van der Waals surface area contributed by atoms with Crippen molar-refractivity contribution in [2.24, 2.45) is 5.92 Å². The average molecular weight is 436 g/mol. The molecule has 8 heteroatoms. The lowest BCUT2D eigenvalue weighted by molar-refractivity contribution is -0.138. The Labute approximate surface area is 185 Å². The van der Waals surface area contributed by atoms with Crippen molar-refractivity contribution in [1.29, 1.82) is 0 Å². The molecule has 4 heterocycles. The Bertz CT molecular complexity index is 1110. The number of nitrogens with one attached hydrogen (secondary N) is 1. The summed E-state index contributed by atoms with van der Waals surface area (Å²) in [6.07, 6.45) is 4.86. The molecule has 1 unspecified atom stereocenters. The van der Waals surface area contributed by atoms with Gasteiger partial charge in [0, 0.05) is 44.2 Å². The van der Waals surface area contributed by atoms with Crippen LogP contribution in [0.15, 0.2) is 42.6 Å². The molecule has 166 valence electrons. The van der Waals surface area contributed by atoms with Crippen LogP contribution in [0, 0.1) is 11.7 Å². The van der Waals surface area contributed by atoms with Crippen molar-refractivity contribution in [3.8, 4) is 0 Å². The number of aromatic amines is 1. The van der Waals surface area contributed by atoms with Gasteiger partial charge in [-0.1, -0.05) is 12.1 Å². The van der Waals surface area contributed by atoms with Crippen LogP contribution >= 0.6 is 0 Å². The third-order valence-corrected chi connectivity index (χ3v) is 6.63. The molecule has 0 aliphatic carbocycles. The van der Waals surface area contributed by atoms with Crippen molar-refractivity contribution in [3.05, 3.63) is 59.8 Å². The number of halogens is 1. The first kappa shape index (κ1) is 20.6. The van der Waals surface area contributed by atoms with E-state index in [2.05, 4.69) is 15.0 Å². The average Bonchev–Trinajstić information content (AvgIpc) is 3.28. The Kier molecular flexibility index (Phi) is 5.59. The van der Waals surface area contributed by atoms with Crippen molar-refractivity contribution in [2.75, 3.05) is 26.2 Å². The summed E-state index contributed by atoms with van der Waals surface area (Å²) in [4.78, 5) is 41.8. The van der Waals surface area contributed by atoms with Gasteiger partial charge < -0.3 is 14.8 Å². The van der Waals surface area contributed by atoms with Gasteiger partial charge >= 0.3 is 0 Å². The molecule has 2 aromatic heterocycles. The lowest BCUT2D eigenvalue weighted by Crippen LogP contribution is -2.47. The zero-order chi connectivity index (χ0) is 22.1. The molecule has 0 radical (unpaired) electrons. The van der Waals surface area contributed by atoms with Gasteiger partial charge in [-0.25, -0.2) is 14.4 Å². The molecule has 2 aliphatic heterocycles. The van der Waals surface area contributed by atoms with Crippen LogP contribution in [0.1, 0.15) is 47.8 Å². The second-order valence-electron chi connectivity index (χ2n) is 8.67. The quantitative estimate of drug-likeness (QED) is 0.684. The zero-order valence-corrected chi connectivity index (χ0v) is 17.8. The Morgan fingerprint density at radius 3 is 2.59 bits per heavy atom. The van der Waals surface area contributed by atoms with Crippen molar-refractivity contribution < 1.29 is 14.0 Å². The Morgan fingerprint density at radius 2 is 1.81 bits per heavy atom. The van der Waals surface area contributed by atoms with E-state index >= 15 is 0 Å². The first-order chi connectivity index (χ1) is 15.6. The van der Waals surface area contributed by atoms with Crippen LogP contribution in [-0.4, -0.2) is 62.7 Å². The van der Waals surface area contributed by atoms with E-state index in [0.717, 1.165) is 30.7 Å². The van der Waals surface area contributed by atoms with E-state index < -0.39 is 5.82 Å². The maximum Gasteiger partial charge on any atom is 0.256 e. The largest absolute Gasteiger partial charge is 0.342 e. The number of aromatic nitrogens is 3. The first-order valence-electron chi connectivity index (χ1n) is 11.2. The van der Waals surface area contributed by atoms with Gasteiger partial charge in [-0.15, -0.1) is 0 Å². The number of rotatable bonds is 3. The van der Waals surface area contributed by atoms with Gasteiger partial charge in [0.05, 0.1) is 11.1 Å². The zero-order valence-electron chi connectivity index (χ0n) is 17.8. The van der Waals surface area contributed by atoms with Gasteiger partial charge in [-0.2, -0.15) is 0 Å². The number of likely N-dealkylation sites (tertiary alicyclic amines) is 2. The van der Waals surface area contributed by atoms with E-state index in [1.165, 1.54) is 12.1 Å². The molecule has 7 nitrogen and oxygen atoms in total. The summed E-state index contributed by atoms with van der Waals surface area (Å²) in [7, 11) is 0. The highest BCUT2D eigenvalue weighted by Gasteiger charge is 2.34. The standard InChI is InChI=1S/C24H26FN5O2/c25-19-7-2-1-6-18(19)24(32)29-13-9-16(10-14-29)23(31)30-12-4-5-17(15-30)21-27-20-8-3-11-26-22(20)28-21/h1-3,6-8,11,16-17H,4-5,9-10,12-15H2,(H,26,27,28). The fraction of sp³-hybridized carbons (Fsp3) is 0.417. The maximum absolute atomic E-state index is 14.0. The maximum atomic E-state index is 14.0. The minimum Gasteiger partial charge on any atom is -0.342 e. The fourth-order valence-corrected chi connectivity index (χ4v) is 4.85. The van der Waals surface area contributed by atoms with Gasteiger partial charge in [0.25, 0.3) is 5.91 Å². The third kappa shape index (κ3) is 3.97. The number of pyridine rings is 1. The smallest absolute Gasteiger partial charge is 0.256 e. The predicted octanol–water partition coefficient (Wildman–Crippen LogP) is 3.36. The van der Waals surface area contributed by atoms with Crippen LogP contribution < -0.4 is 0 Å². The molecule has 32 heavy (non-hydrogen) atoms. The molecule has 1 aromatic carbocycles. The number of nitrogens with zero attached hydrogens (tertiary/aromatic N) is 4. The molecule has 1 atom stereocenters. The highest BCUT2D eigenvalue weighted by Crippen LogP contribution is 2.29. The summed E-state index contributed by atoms with van der Waals surface area (Å²) in [5.41, 5.74) is 1.71. The second-order valence-corrected chi connectivity index (χ2v) is 8.67. The van der Waals surface area contributed by atoms with E-state index in [4.69, 9.17) is 0 Å². The van der Waals surface area contributed by atoms with E-state index in [1.54, 1.807) is 23.2 Å². The topological polar surface area (TPSA) is 82.2 Å². The van der Waals surface area contributed by atoms with Crippen molar-refractivity contribution in [2.45, 2.75) is 31.6 Å². The SMILES string of the molecule is O=C(c1ccccc1F)N1CCC(C(=O)N2CCCC(c3nc4ncccc4[nH]3)C2)CC1. The number of H-pyrrole nitrogens is 1. The molecule has 0 saturated carbocycles. The lowest BCUT2D eigenvalue weighted by atomic mass is 9.91. The number of benzene rings is 1. The number of carbonyl (C=O) groups is 2. The number of hydrogen-bond donors (Lipinski definition) is 1. The highest BCUT2D eigenvalue weighted by atomic mass is 19.1. The summed E-state index contributed by atoms with van der Waals surface area (Å²) >= 11 is 0. The number of amides is 2. The number of fused-ring (bicyclic) bond motifs is 1. The van der Waals surface area contributed by atoms with E-state index in [9.17, 15) is 14.0 Å². The number of imidazole rings is 1. The molecule has 2 aliphatic rings. The number of hydrogen-bond acceptors (Lipinski definition) is 4. The molecule has 2 amide bonds. The number of carbonyl (C=O) groups excluding carboxylic acids is 2. The Morgan fingerprint density at radius 1 is 1.00 bits per heavy atom. The monoisotopic (exact) mass is 435 g/mol. The third-order valence-electron chi connectivity index (χ3n) is 6.63. The van der Waals surface area contributed by atoms with Crippen molar-refractivity contribution >= 4 is 23.0 Å². The molecular weight excluding hydrogens is 409 g/mol. The summed E-state index contributed by atoms with van der Waals surface area (Å²) in [5, 5.41) is 0. The molecular formula is C24H26FN5O2. The minimum atomic E-state index is -0.504. The Balaban J connectivity index is 1.20. The normalized spacial score (nSPS) is 20.0. The van der Waals surface area contributed by atoms with Crippen LogP contribution in [0.4, 0.5) is 4.39 Å². The van der Waals surface area contributed by atoms with Gasteiger partial charge in [0.1, 0.15) is 11.6 Å². The van der Waals surface area contributed by atoms with Crippen molar-refractivity contribution in [3.63, 3.8) is 0 Å². The van der Waals surface area contributed by atoms with E-state index in [1.807, 2.05) is 17.0 Å². The van der Waals surface area contributed by atoms with E-state index in [0.29, 0.717) is 38.1 Å². The molecule has 3 aromatic rings. The lowest BCUT2D eigenvalue weighted by Gasteiger charge is -2.37. The minimum absolute atomic E-state index is 0.0940. The van der Waals surface area contributed by atoms with Crippen LogP contribution in [0.25, 0.3) is 11.2 Å². The van der Waals surface area contributed by atoms with Crippen LogP contribution in [0.2, 0.25) is 0 Å². The fourth-order valence-electron chi connectivity index (χ4n) is 4.85. The van der Waals surface area contributed by atoms with Gasteiger partial charge in [-0.05, 0) is 49.9 Å². The van der Waals surface area contributed by atoms with Crippen LogP contribution in [-0.2, 0) is 4.79 Å². The summed E-state index contributed by atoms with van der Waals surface area (Å²) in [6.45, 7) is 2.33. The predicted molar refractivity (Wildman–Crippen MR) is 117 cm³/mol. The van der Waals surface area contributed by atoms with Gasteiger partial charge in [0.15, 0.2) is 5.65 Å². The second kappa shape index (κ2) is 8.68. The van der Waals surface area contributed by atoms with E-state index in [-0.39, 0.29) is 29.2 Å². The van der Waals surface area contributed by atoms with Crippen LogP contribution in [0.5, 0.6) is 0 Å². The van der Waals surface area contributed by atoms with Crippen molar-refractivity contribution in [1.82, 2.24) is 24.8 Å². The van der Waals surface area contributed by atoms with Gasteiger partial charge in [0.2, 0.25) is 5.91 Å². The highest BCUT2D eigenvalue weighted by molar-refractivity contribution is 5.94. The summed E-state index contributed by atoms with van der Waals surface area (Å²) in [6, 6.07) is 9.89. The summed E-state index contributed by atoms with van der Waals surface area (Å²) < 4.78 is 14.0. The summed E-state index contributed by atoms with van der Waals surface area (Å²) in [5.74, 6) is 0.310. The molecule has 5 rings (SSSR count). The molecule has 0 bridgehead atoms. The van der Waals surface area contributed by atoms with Crippen LogP contribution in [0.3, 0.4) is 0 Å². The molecule has 2 saturated heterocycles. The van der Waals surface area contributed by atoms with Gasteiger partial charge in [-0.3, -0.25) is 9.59 Å². The number of piperidine rings is 2. The molecule has 2 fully saturated rings. The Hall–Kier alpha value is -3.29. The molecule has 0 spiro atoms.